The number of piperazine rings is 1. The first-order valence-corrected chi connectivity index (χ1v) is 6.01. The van der Waals surface area contributed by atoms with E-state index in [1.807, 2.05) is 0 Å². The fraction of sp³-hybridized carbons (Fsp3) is 0.727. The number of hydrogen-bond acceptors (Lipinski definition) is 4. The van der Waals surface area contributed by atoms with Crippen molar-refractivity contribution in [1.82, 2.24) is 15.1 Å². The molecule has 2 heterocycles. The highest BCUT2D eigenvalue weighted by atomic mass is 16.4. The van der Waals surface area contributed by atoms with Gasteiger partial charge in [-0.2, -0.15) is 0 Å². The van der Waals surface area contributed by atoms with Crippen LogP contribution in [0, 0.1) is 0 Å². The molecule has 2 aliphatic heterocycles. The summed E-state index contributed by atoms with van der Waals surface area (Å²) in [4.78, 5) is 37.9. The van der Waals surface area contributed by atoms with Crippen LogP contribution in [0.4, 0.5) is 0 Å². The maximum absolute atomic E-state index is 11.9. The molecule has 0 aromatic heterocycles. The Bertz CT molecular complexity index is 384. The fourth-order valence-corrected chi connectivity index (χ4v) is 2.59. The molecule has 2 N–H and O–H groups in total. The summed E-state index contributed by atoms with van der Waals surface area (Å²) >= 11 is 0. The van der Waals surface area contributed by atoms with Gasteiger partial charge in [0.25, 0.3) is 0 Å². The molecule has 0 saturated carbocycles. The number of aliphatic carboxylic acids is 1. The molecule has 18 heavy (non-hydrogen) atoms. The van der Waals surface area contributed by atoms with Gasteiger partial charge in [-0.15, -0.1) is 0 Å². The van der Waals surface area contributed by atoms with Crippen molar-refractivity contribution in [1.29, 1.82) is 0 Å². The lowest BCUT2D eigenvalue weighted by Crippen LogP contribution is -2.60. The largest absolute Gasteiger partial charge is 0.481 e. The van der Waals surface area contributed by atoms with Gasteiger partial charge in [0.1, 0.15) is 6.04 Å². The Kier molecular flexibility index (Phi) is 3.51. The average molecular weight is 255 g/mol. The highest BCUT2D eigenvalue weighted by Crippen LogP contribution is 2.21. The molecule has 2 unspecified atom stereocenters. The zero-order valence-electron chi connectivity index (χ0n) is 10.3. The maximum atomic E-state index is 11.9. The van der Waals surface area contributed by atoms with Crippen molar-refractivity contribution in [2.75, 3.05) is 26.7 Å². The SMILES string of the molecule is CN1CCC(N2CCNC(=O)C2CC(=O)O)C1=O. The number of nitrogens with one attached hydrogen (secondary N) is 1. The van der Waals surface area contributed by atoms with Crippen LogP contribution in [0.1, 0.15) is 12.8 Å². The molecule has 0 aliphatic carbocycles. The highest BCUT2D eigenvalue weighted by Gasteiger charge is 2.42. The van der Waals surface area contributed by atoms with Crippen molar-refractivity contribution in [3.63, 3.8) is 0 Å². The molecule has 2 fully saturated rings. The lowest BCUT2D eigenvalue weighted by Gasteiger charge is -2.37. The summed E-state index contributed by atoms with van der Waals surface area (Å²) in [6, 6.07) is -1.10. The number of likely N-dealkylation sites (N-methyl/N-ethyl adjacent to an activating group) is 1. The lowest BCUT2D eigenvalue weighted by molar-refractivity contribution is -0.146. The van der Waals surface area contributed by atoms with Gasteiger partial charge < -0.3 is 15.3 Å². The van der Waals surface area contributed by atoms with E-state index in [1.54, 1.807) is 16.8 Å². The third kappa shape index (κ3) is 2.31. The minimum absolute atomic E-state index is 0.0277. The molecule has 2 amide bonds. The lowest BCUT2D eigenvalue weighted by atomic mass is 10.0. The number of amides is 2. The summed E-state index contributed by atoms with van der Waals surface area (Å²) in [5.74, 6) is -1.35. The van der Waals surface area contributed by atoms with Gasteiger partial charge >= 0.3 is 5.97 Å². The van der Waals surface area contributed by atoms with Gasteiger partial charge in [0, 0.05) is 26.7 Å². The summed E-state index contributed by atoms with van der Waals surface area (Å²) in [5.41, 5.74) is 0. The van der Waals surface area contributed by atoms with E-state index in [1.165, 1.54) is 0 Å². The first-order valence-electron chi connectivity index (χ1n) is 6.01. The van der Waals surface area contributed by atoms with Crippen LogP contribution < -0.4 is 5.32 Å². The zero-order chi connectivity index (χ0) is 13.3. The first kappa shape index (κ1) is 12.8. The predicted octanol–water partition coefficient (Wildman–Crippen LogP) is -1.51. The van der Waals surface area contributed by atoms with Crippen molar-refractivity contribution in [3.8, 4) is 0 Å². The number of hydrogen-bond donors (Lipinski definition) is 2. The number of carbonyl (C=O) groups is 3. The van der Waals surface area contributed by atoms with E-state index in [9.17, 15) is 14.4 Å². The smallest absolute Gasteiger partial charge is 0.305 e. The molecular weight excluding hydrogens is 238 g/mol. The van der Waals surface area contributed by atoms with E-state index in [0.717, 1.165) is 0 Å². The van der Waals surface area contributed by atoms with Gasteiger partial charge in [-0.3, -0.25) is 19.3 Å². The van der Waals surface area contributed by atoms with Gasteiger partial charge in [0.15, 0.2) is 0 Å². The molecule has 0 bridgehead atoms. The van der Waals surface area contributed by atoms with Crippen molar-refractivity contribution >= 4 is 17.8 Å². The maximum Gasteiger partial charge on any atom is 0.305 e. The number of carboxylic acid groups (broad SMARTS) is 1. The van der Waals surface area contributed by atoms with Crippen molar-refractivity contribution in [3.05, 3.63) is 0 Å². The summed E-state index contributed by atoms with van der Waals surface area (Å²) in [6.07, 6.45) is 0.387. The van der Waals surface area contributed by atoms with E-state index in [2.05, 4.69) is 5.32 Å². The van der Waals surface area contributed by atoms with E-state index >= 15 is 0 Å². The average Bonchev–Trinajstić information content (AvgIpc) is 2.62. The van der Waals surface area contributed by atoms with Gasteiger partial charge in [0.2, 0.25) is 11.8 Å². The summed E-state index contributed by atoms with van der Waals surface area (Å²) in [7, 11) is 1.72. The molecule has 2 atom stereocenters. The normalized spacial score (nSPS) is 29.5. The Balaban J connectivity index is 2.15. The summed E-state index contributed by atoms with van der Waals surface area (Å²) in [5, 5.41) is 11.5. The van der Waals surface area contributed by atoms with E-state index < -0.39 is 12.0 Å². The molecular formula is C11H17N3O4. The first-order chi connectivity index (χ1) is 8.50. The number of rotatable bonds is 3. The van der Waals surface area contributed by atoms with Crippen molar-refractivity contribution < 1.29 is 19.5 Å². The van der Waals surface area contributed by atoms with Crippen LogP contribution in [-0.4, -0.2) is 71.5 Å². The molecule has 2 rings (SSSR count). The highest BCUT2D eigenvalue weighted by molar-refractivity contribution is 5.89. The Hall–Kier alpha value is -1.63. The summed E-state index contributed by atoms with van der Waals surface area (Å²) in [6.45, 7) is 1.64. The third-order valence-corrected chi connectivity index (χ3v) is 3.54. The Labute approximate surface area is 105 Å². The van der Waals surface area contributed by atoms with Crippen LogP contribution in [0.5, 0.6) is 0 Å². The molecule has 0 radical (unpaired) electrons. The molecule has 0 aromatic carbocycles. The second-order valence-electron chi connectivity index (χ2n) is 4.71. The van der Waals surface area contributed by atoms with E-state index in [0.29, 0.717) is 26.1 Å². The molecule has 2 saturated heterocycles. The number of nitrogens with zero attached hydrogens (tertiary/aromatic N) is 2. The van der Waals surface area contributed by atoms with Crippen LogP contribution in [0.25, 0.3) is 0 Å². The second kappa shape index (κ2) is 4.93. The number of carbonyl (C=O) groups excluding carboxylic acids is 2. The number of likely N-dealkylation sites (tertiary alicyclic amines) is 1. The van der Waals surface area contributed by atoms with Crippen molar-refractivity contribution in [2.45, 2.75) is 24.9 Å². The Morgan fingerprint density at radius 2 is 2.17 bits per heavy atom. The predicted molar refractivity (Wildman–Crippen MR) is 61.8 cm³/mol. The number of carboxylic acids is 1. The molecule has 7 nitrogen and oxygen atoms in total. The van der Waals surface area contributed by atoms with Crippen LogP contribution in [-0.2, 0) is 14.4 Å². The summed E-state index contributed by atoms with van der Waals surface area (Å²) < 4.78 is 0. The van der Waals surface area contributed by atoms with Gasteiger partial charge in [-0.05, 0) is 6.42 Å². The quantitative estimate of drug-likeness (QED) is 0.640. The van der Waals surface area contributed by atoms with Crippen LogP contribution in [0.2, 0.25) is 0 Å². The molecule has 100 valence electrons. The van der Waals surface area contributed by atoms with Gasteiger partial charge in [-0.25, -0.2) is 0 Å². The molecule has 7 heteroatoms. The van der Waals surface area contributed by atoms with E-state index in [-0.39, 0.29) is 24.3 Å². The minimum atomic E-state index is -1.03. The minimum Gasteiger partial charge on any atom is -0.481 e. The Morgan fingerprint density at radius 3 is 2.72 bits per heavy atom. The Morgan fingerprint density at radius 1 is 1.44 bits per heavy atom. The van der Waals surface area contributed by atoms with Crippen molar-refractivity contribution in [2.24, 2.45) is 0 Å². The van der Waals surface area contributed by atoms with Crippen LogP contribution in [0.15, 0.2) is 0 Å². The molecule has 2 aliphatic rings. The van der Waals surface area contributed by atoms with Gasteiger partial charge in [0.05, 0.1) is 12.5 Å². The molecule has 0 spiro atoms. The fourth-order valence-electron chi connectivity index (χ4n) is 2.59. The van der Waals surface area contributed by atoms with E-state index in [4.69, 9.17) is 5.11 Å². The molecule has 0 aromatic rings. The third-order valence-electron chi connectivity index (χ3n) is 3.54. The standard InChI is InChI=1S/C11H17N3O4/c1-13-4-2-7(11(13)18)14-5-3-12-10(17)8(14)6-9(15)16/h7-8H,2-6H2,1H3,(H,12,17)(H,15,16). The second-order valence-corrected chi connectivity index (χ2v) is 4.71. The van der Waals surface area contributed by atoms with Crippen LogP contribution in [0.3, 0.4) is 0 Å². The zero-order valence-corrected chi connectivity index (χ0v) is 10.3. The topological polar surface area (TPSA) is 89.9 Å². The monoisotopic (exact) mass is 255 g/mol. The van der Waals surface area contributed by atoms with Gasteiger partial charge in [-0.1, -0.05) is 0 Å². The van der Waals surface area contributed by atoms with Crippen LogP contribution >= 0.6 is 0 Å².